The fraction of sp³-hybridized carbons (Fsp3) is 0.917. The highest BCUT2D eigenvalue weighted by Crippen LogP contribution is 2.43. The van der Waals surface area contributed by atoms with E-state index in [1.54, 1.807) is 0 Å². The lowest BCUT2D eigenvalue weighted by Gasteiger charge is -2.57. The first kappa shape index (κ1) is 22.0. The zero-order chi connectivity index (χ0) is 21.0. The van der Waals surface area contributed by atoms with Crippen molar-refractivity contribution in [2.45, 2.75) is 129 Å². The van der Waals surface area contributed by atoms with Gasteiger partial charge in [0, 0.05) is 22.5 Å². The molecule has 0 radical (unpaired) electrons. The Morgan fingerprint density at radius 2 is 1.46 bits per heavy atom. The highest BCUT2D eigenvalue weighted by molar-refractivity contribution is 6.45. The molecule has 0 amide bonds. The maximum atomic E-state index is 9.22. The van der Waals surface area contributed by atoms with Crippen LogP contribution >= 0.6 is 0 Å². The van der Waals surface area contributed by atoms with Crippen molar-refractivity contribution in [1.29, 1.82) is 5.41 Å². The summed E-state index contributed by atoms with van der Waals surface area (Å²) in [7, 11) is 0. The van der Waals surface area contributed by atoms with E-state index < -0.39 is 0 Å². The molecular formula is C24H44N4. The summed E-state index contributed by atoms with van der Waals surface area (Å²) in [5.41, 5.74) is 1.90. The molecule has 2 N–H and O–H groups in total. The summed E-state index contributed by atoms with van der Waals surface area (Å²) in [4.78, 5) is 8.07. The van der Waals surface area contributed by atoms with Crippen LogP contribution in [0.2, 0.25) is 0 Å². The van der Waals surface area contributed by atoms with Crippen LogP contribution in [0.15, 0.2) is 4.99 Å². The van der Waals surface area contributed by atoms with Crippen LogP contribution < -0.4 is 5.32 Å². The first-order valence-electron chi connectivity index (χ1n) is 11.5. The minimum Gasteiger partial charge on any atom is -0.307 e. The molecule has 2 atom stereocenters. The molecule has 2 unspecified atom stereocenters. The minimum absolute atomic E-state index is 0.0244. The Bertz CT molecular complexity index is 625. The predicted molar refractivity (Wildman–Crippen MR) is 121 cm³/mol. The monoisotopic (exact) mass is 388 g/mol. The Labute approximate surface area is 173 Å². The smallest absolute Gasteiger partial charge is 0.0760 e. The number of piperidine rings is 2. The van der Waals surface area contributed by atoms with Gasteiger partial charge in [-0.05, 0) is 87.6 Å². The third kappa shape index (κ3) is 4.09. The van der Waals surface area contributed by atoms with Crippen LogP contribution in [0.3, 0.4) is 0 Å². The molecule has 0 aliphatic carbocycles. The van der Waals surface area contributed by atoms with Gasteiger partial charge in [0.25, 0.3) is 0 Å². The number of nitrogens with one attached hydrogen (secondary N) is 2. The molecule has 3 aliphatic rings. The third-order valence-electron chi connectivity index (χ3n) is 7.51. The van der Waals surface area contributed by atoms with E-state index in [4.69, 9.17) is 4.99 Å². The molecule has 2 bridgehead atoms. The Kier molecular flexibility index (Phi) is 5.64. The van der Waals surface area contributed by atoms with Gasteiger partial charge in [0.05, 0.1) is 23.0 Å². The molecule has 0 saturated carbocycles. The van der Waals surface area contributed by atoms with Crippen molar-refractivity contribution < 1.29 is 0 Å². The summed E-state index contributed by atoms with van der Waals surface area (Å²) in [6, 6.07) is 0.287. The fourth-order valence-electron chi connectivity index (χ4n) is 6.69. The van der Waals surface area contributed by atoms with Crippen LogP contribution in [0.5, 0.6) is 0 Å². The van der Waals surface area contributed by atoms with E-state index in [1.807, 2.05) is 0 Å². The van der Waals surface area contributed by atoms with Crippen molar-refractivity contribution in [1.82, 2.24) is 10.2 Å². The first-order chi connectivity index (χ1) is 12.8. The summed E-state index contributed by atoms with van der Waals surface area (Å²) in [6.45, 7) is 19.6. The molecule has 4 heteroatoms. The summed E-state index contributed by atoms with van der Waals surface area (Å²) in [5.74, 6) is 0.292. The van der Waals surface area contributed by atoms with Crippen LogP contribution in [-0.4, -0.2) is 51.1 Å². The molecule has 0 aromatic heterocycles. The van der Waals surface area contributed by atoms with E-state index in [-0.39, 0.29) is 28.2 Å². The van der Waals surface area contributed by atoms with Gasteiger partial charge in [-0.3, -0.25) is 9.89 Å². The molecule has 3 aliphatic heterocycles. The second kappa shape index (κ2) is 7.19. The van der Waals surface area contributed by atoms with Crippen molar-refractivity contribution in [3.05, 3.63) is 0 Å². The van der Waals surface area contributed by atoms with E-state index in [2.05, 4.69) is 65.6 Å². The molecule has 0 aromatic carbocycles. The Morgan fingerprint density at radius 1 is 0.893 bits per heavy atom. The average Bonchev–Trinajstić information content (AvgIpc) is 2.55. The fourth-order valence-corrected chi connectivity index (χ4v) is 6.69. The largest absolute Gasteiger partial charge is 0.307 e. The van der Waals surface area contributed by atoms with Crippen LogP contribution in [0.25, 0.3) is 0 Å². The maximum Gasteiger partial charge on any atom is 0.0760 e. The molecule has 4 nitrogen and oxygen atoms in total. The lowest BCUT2D eigenvalue weighted by atomic mass is 9.68. The highest BCUT2D eigenvalue weighted by Gasteiger charge is 2.53. The molecule has 28 heavy (non-hydrogen) atoms. The standard InChI is InChI=1S/C24H44N4/c1-21(2)15-17(16-22(3,4)27-21)26-20-19(25)18-13-11-9-10-12-14-28(23(18,5)6)24(20,7)8/h17-18,25,27H,9-16H2,1-8H3. The van der Waals surface area contributed by atoms with Gasteiger partial charge in [0.15, 0.2) is 0 Å². The van der Waals surface area contributed by atoms with E-state index in [0.717, 1.165) is 37.2 Å². The topological polar surface area (TPSA) is 51.5 Å². The predicted octanol–water partition coefficient (Wildman–Crippen LogP) is 5.21. The number of fused-ring (bicyclic) bond motifs is 2. The lowest BCUT2D eigenvalue weighted by molar-refractivity contribution is 0.0206. The molecule has 0 spiro atoms. The van der Waals surface area contributed by atoms with E-state index in [1.165, 1.54) is 25.7 Å². The van der Waals surface area contributed by atoms with Gasteiger partial charge in [0.2, 0.25) is 0 Å². The Hall–Kier alpha value is -0.740. The van der Waals surface area contributed by atoms with Gasteiger partial charge < -0.3 is 10.7 Å². The van der Waals surface area contributed by atoms with Gasteiger partial charge in [0.1, 0.15) is 0 Å². The lowest BCUT2D eigenvalue weighted by Crippen LogP contribution is -2.70. The molecule has 3 fully saturated rings. The summed E-state index contributed by atoms with van der Waals surface area (Å²) < 4.78 is 0. The van der Waals surface area contributed by atoms with E-state index in [0.29, 0.717) is 5.92 Å². The van der Waals surface area contributed by atoms with Crippen molar-refractivity contribution in [2.75, 3.05) is 6.54 Å². The Morgan fingerprint density at radius 3 is 2.07 bits per heavy atom. The van der Waals surface area contributed by atoms with Gasteiger partial charge >= 0.3 is 0 Å². The minimum atomic E-state index is -0.180. The Balaban J connectivity index is 2.02. The van der Waals surface area contributed by atoms with Crippen molar-refractivity contribution in [3.63, 3.8) is 0 Å². The SMILES string of the molecule is CC1(C)CC(N=C2C(=N)C3CCCCCCN(C2(C)C)C3(C)C)CC(C)(C)N1. The maximum absolute atomic E-state index is 9.22. The second-order valence-electron chi connectivity index (χ2n) is 12.0. The van der Waals surface area contributed by atoms with E-state index >= 15 is 0 Å². The molecule has 160 valence electrons. The van der Waals surface area contributed by atoms with Gasteiger partial charge in [-0.25, -0.2) is 0 Å². The van der Waals surface area contributed by atoms with Crippen molar-refractivity contribution >= 4 is 11.4 Å². The first-order valence-corrected chi connectivity index (χ1v) is 11.5. The third-order valence-corrected chi connectivity index (χ3v) is 7.51. The number of hydrogen-bond donors (Lipinski definition) is 2. The van der Waals surface area contributed by atoms with Gasteiger partial charge in [-0.2, -0.15) is 0 Å². The number of nitrogens with zero attached hydrogens (tertiary/aromatic N) is 2. The summed E-state index contributed by atoms with van der Waals surface area (Å²) in [5, 5.41) is 13.0. The van der Waals surface area contributed by atoms with E-state index in [9.17, 15) is 5.41 Å². The van der Waals surface area contributed by atoms with Crippen LogP contribution in [0, 0.1) is 11.3 Å². The molecule has 3 rings (SSSR count). The van der Waals surface area contributed by atoms with Crippen LogP contribution in [-0.2, 0) is 0 Å². The zero-order valence-corrected chi connectivity index (χ0v) is 19.7. The van der Waals surface area contributed by atoms with Crippen LogP contribution in [0.4, 0.5) is 0 Å². The summed E-state index contributed by atoms with van der Waals surface area (Å²) >= 11 is 0. The van der Waals surface area contributed by atoms with Gasteiger partial charge in [-0.15, -0.1) is 0 Å². The molecule has 3 heterocycles. The number of hydrogen-bond acceptors (Lipinski definition) is 4. The molecule has 3 saturated heterocycles. The average molecular weight is 389 g/mol. The number of rotatable bonds is 1. The summed E-state index contributed by atoms with van der Waals surface area (Å²) in [6.07, 6.45) is 8.32. The quantitative estimate of drug-likeness (QED) is 0.648. The molecular weight excluding hydrogens is 344 g/mol. The normalized spacial score (nSPS) is 36.4. The highest BCUT2D eigenvalue weighted by atomic mass is 15.3. The van der Waals surface area contributed by atoms with Gasteiger partial charge in [-0.1, -0.05) is 19.3 Å². The van der Waals surface area contributed by atoms with Crippen molar-refractivity contribution in [2.24, 2.45) is 10.9 Å². The number of aliphatic imine (C=N–C) groups is 1. The molecule has 0 aromatic rings. The van der Waals surface area contributed by atoms with Crippen LogP contribution in [0.1, 0.15) is 100 Å². The van der Waals surface area contributed by atoms with Crippen molar-refractivity contribution in [3.8, 4) is 0 Å². The zero-order valence-electron chi connectivity index (χ0n) is 19.7. The second-order valence-corrected chi connectivity index (χ2v) is 12.0.